The van der Waals surface area contributed by atoms with E-state index in [0.717, 1.165) is 7.11 Å². The molecule has 0 bridgehead atoms. The molecule has 0 aromatic heterocycles. The zero-order chi connectivity index (χ0) is 4.28. The van der Waals surface area contributed by atoms with Gasteiger partial charge in [-0.1, -0.05) is 0 Å². The zero-order valence-corrected chi connectivity index (χ0v) is 4.03. The van der Waals surface area contributed by atoms with E-state index in [1.165, 1.54) is 0 Å². The molecule has 0 saturated carbocycles. The van der Waals surface area contributed by atoms with E-state index in [2.05, 4.69) is 4.74 Å². The summed E-state index contributed by atoms with van der Waals surface area (Å²) in [5.74, 6) is 0. The summed E-state index contributed by atoms with van der Waals surface area (Å²) < 4.78 is 3.56. The molecule has 6 heavy (non-hydrogen) atoms. The Labute approximate surface area is 45.2 Å². The minimum absolute atomic E-state index is 0. The van der Waals surface area contributed by atoms with Crippen molar-refractivity contribution in [1.82, 2.24) is 0 Å². The van der Waals surface area contributed by atoms with Gasteiger partial charge < -0.3 is 14.6 Å². The molecule has 0 aliphatic rings. The summed E-state index contributed by atoms with van der Waals surface area (Å²) in [6.07, 6.45) is -1.50. The molecule has 0 N–H and O–H groups in total. The van der Waals surface area contributed by atoms with Gasteiger partial charge in [-0.15, -0.1) is 0 Å². The van der Waals surface area contributed by atoms with Crippen LogP contribution in [0.1, 0.15) is 0 Å². The van der Waals surface area contributed by atoms with E-state index < -0.39 is 6.16 Å². The summed E-state index contributed by atoms with van der Waals surface area (Å²) in [7, 11) is 1.04. The number of carbonyl (C=O) groups excluding carboxylic acids is 1. The molecular weight excluding hydrogens is 131 g/mol. The SMILES string of the molecule is COC(=O)[O-].[Ni+2]. The molecule has 0 spiro atoms. The standard InChI is InChI=1S/C2H4O3.Ni/c1-5-2(3)4;/h1H3,(H,3,4);/q;+2/p-1. The van der Waals surface area contributed by atoms with Crippen molar-refractivity contribution < 1.29 is 31.1 Å². The second-order valence-electron chi connectivity index (χ2n) is 0.454. The smallest absolute Gasteiger partial charge is 0.553 e. The van der Waals surface area contributed by atoms with Gasteiger partial charge in [-0.25, -0.2) is 0 Å². The van der Waals surface area contributed by atoms with E-state index in [1.807, 2.05) is 0 Å². The van der Waals surface area contributed by atoms with Crippen molar-refractivity contribution >= 4 is 6.16 Å². The first-order valence-corrected chi connectivity index (χ1v) is 1.02. The van der Waals surface area contributed by atoms with Crippen molar-refractivity contribution in [2.45, 2.75) is 0 Å². The second kappa shape index (κ2) is 4.76. The van der Waals surface area contributed by atoms with Crippen molar-refractivity contribution in [1.29, 1.82) is 0 Å². The average Bonchev–Trinajstić information content (AvgIpc) is 1.38. The Morgan fingerprint density at radius 2 is 2.00 bits per heavy atom. The topological polar surface area (TPSA) is 49.4 Å². The molecule has 0 fully saturated rings. The van der Waals surface area contributed by atoms with Crippen LogP contribution in [0.2, 0.25) is 0 Å². The molecule has 0 saturated heterocycles. The Kier molecular flexibility index (Phi) is 7.33. The van der Waals surface area contributed by atoms with Crippen LogP contribution in [0.5, 0.6) is 0 Å². The first-order chi connectivity index (χ1) is 2.27. The fraction of sp³-hybridized carbons (Fsp3) is 0.500. The van der Waals surface area contributed by atoms with Gasteiger partial charge in [0.2, 0.25) is 0 Å². The summed E-state index contributed by atoms with van der Waals surface area (Å²) in [5, 5.41) is 9.03. The Bertz CT molecular complexity index is 44.1. The van der Waals surface area contributed by atoms with Crippen LogP contribution in [0, 0.1) is 0 Å². The van der Waals surface area contributed by atoms with Crippen LogP contribution in [0.15, 0.2) is 0 Å². The van der Waals surface area contributed by atoms with Gasteiger partial charge in [-0.2, -0.15) is 0 Å². The van der Waals surface area contributed by atoms with Crippen molar-refractivity contribution in [2.75, 3.05) is 7.11 Å². The first kappa shape index (κ1) is 9.23. The maximum Gasteiger partial charge on any atom is 2.00 e. The third kappa shape index (κ3) is 9.24. The quantitative estimate of drug-likeness (QED) is 0.314. The minimum atomic E-state index is -1.50. The predicted molar refractivity (Wildman–Crippen MR) is 12.4 cm³/mol. The normalized spacial score (nSPS) is 5.50. The largest absolute Gasteiger partial charge is 2.00 e. The van der Waals surface area contributed by atoms with Crippen molar-refractivity contribution in [3.05, 3.63) is 0 Å². The number of ether oxygens (including phenoxy) is 1. The van der Waals surface area contributed by atoms with Gasteiger partial charge in [0.15, 0.2) is 0 Å². The van der Waals surface area contributed by atoms with Gasteiger partial charge in [0.25, 0.3) is 6.16 Å². The average molecular weight is 134 g/mol. The van der Waals surface area contributed by atoms with Gasteiger partial charge in [-0.05, 0) is 0 Å². The van der Waals surface area contributed by atoms with E-state index in [4.69, 9.17) is 9.90 Å². The van der Waals surface area contributed by atoms with E-state index >= 15 is 0 Å². The minimum Gasteiger partial charge on any atom is -0.553 e. The van der Waals surface area contributed by atoms with Crippen LogP contribution in [-0.4, -0.2) is 13.3 Å². The van der Waals surface area contributed by atoms with E-state index in [9.17, 15) is 0 Å². The fourth-order valence-electron chi connectivity index (χ4n) is 0. The summed E-state index contributed by atoms with van der Waals surface area (Å²) >= 11 is 0. The first-order valence-electron chi connectivity index (χ1n) is 1.02. The molecular formula is C2H3NiO3+. The van der Waals surface area contributed by atoms with Crippen molar-refractivity contribution in [2.24, 2.45) is 0 Å². The molecule has 3 nitrogen and oxygen atoms in total. The van der Waals surface area contributed by atoms with Gasteiger partial charge in [0, 0.05) is 7.11 Å². The van der Waals surface area contributed by atoms with E-state index in [1.54, 1.807) is 0 Å². The second-order valence-corrected chi connectivity index (χ2v) is 0.454. The molecule has 0 atom stereocenters. The molecule has 0 aromatic rings. The number of rotatable bonds is 0. The van der Waals surface area contributed by atoms with Crippen LogP contribution in [0.3, 0.4) is 0 Å². The molecule has 0 heterocycles. The molecule has 0 radical (unpaired) electrons. The Hall–Kier alpha value is -0.236. The zero-order valence-electron chi connectivity index (χ0n) is 3.04. The third-order valence-corrected chi connectivity index (χ3v) is 0.167. The Morgan fingerprint density at radius 3 is 2.00 bits per heavy atom. The van der Waals surface area contributed by atoms with E-state index in [0.29, 0.717) is 0 Å². The molecule has 4 heteroatoms. The van der Waals surface area contributed by atoms with Crippen LogP contribution in [-0.2, 0) is 21.2 Å². The summed E-state index contributed by atoms with van der Waals surface area (Å²) in [6.45, 7) is 0. The number of carboxylic acid groups (broad SMARTS) is 1. The number of hydrogen-bond donors (Lipinski definition) is 0. The van der Waals surface area contributed by atoms with Crippen LogP contribution < -0.4 is 5.11 Å². The summed E-state index contributed by atoms with van der Waals surface area (Å²) in [4.78, 5) is 9.03. The number of carbonyl (C=O) groups is 1. The maximum atomic E-state index is 9.03. The Morgan fingerprint density at radius 1 is 1.83 bits per heavy atom. The molecule has 38 valence electrons. The van der Waals surface area contributed by atoms with Gasteiger partial charge in [0.1, 0.15) is 0 Å². The van der Waals surface area contributed by atoms with E-state index in [-0.39, 0.29) is 16.5 Å². The predicted octanol–water partition coefficient (Wildman–Crippen LogP) is -1.03. The summed E-state index contributed by atoms with van der Waals surface area (Å²) in [6, 6.07) is 0. The molecule has 0 aliphatic heterocycles. The number of hydrogen-bond acceptors (Lipinski definition) is 3. The fourth-order valence-corrected chi connectivity index (χ4v) is 0. The van der Waals surface area contributed by atoms with Gasteiger partial charge in [0.05, 0.1) is 0 Å². The van der Waals surface area contributed by atoms with Crippen molar-refractivity contribution in [3.8, 4) is 0 Å². The monoisotopic (exact) mass is 133 g/mol. The van der Waals surface area contributed by atoms with Gasteiger partial charge >= 0.3 is 16.5 Å². The van der Waals surface area contributed by atoms with Crippen LogP contribution >= 0.6 is 0 Å². The van der Waals surface area contributed by atoms with Crippen molar-refractivity contribution in [3.63, 3.8) is 0 Å². The van der Waals surface area contributed by atoms with Gasteiger partial charge in [-0.3, -0.25) is 0 Å². The third-order valence-electron chi connectivity index (χ3n) is 0.167. The molecule has 0 amide bonds. The molecule has 0 aromatic carbocycles. The van der Waals surface area contributed by atoms with Crippen LogP contribution in [0.25, 0.3) is 0 Å². The maximum absolute atomic E-state index is 9.03. The van der Waals surface area contributed by atoms with Crippen LogP contribution in [0.4, 0.5) is 4.79 Å². The molecule has 0 aliphatic carbocycles. The summed E-state index contributed by atoms with van der Waals surface area (Å²) in [5.41, 5.74) is 0. The molecule has 0 rings (SSSR count). The molecule has 0 unspecified atom stereocenters. The number of methoxy groups -OCH3 is 1. The Balaban J connectivity index is 0.